The van der Waals surface area contributed by atoms with E-state index >= 15 is 0 Å². The first-order valence-electron chi connectivity index (χ1n) is 4.87. The van der Waals surface area contributed by atoms with E-state index in [0.717, 1.165) is 18.2 Å². The second-order valence-corrected chi connectivity index (χ2v) is 3.26. The molecule has 0 aliphatic rings. The van der Waals surface area contributed by atoms with Gasteiger partial charge in [0.15, 0.2) is 6.29 Å². The Morgan fingerprint density at radius 3 is 2.63 bits per heavy atom. The van der Waals surface area contributed by atoms with Crippen LogP contribution >= 0.6 is 0 Å². The number of rotatable bonds is 5. The molecule has 0 bridgehead atoms. The quantitative estimate of drug-likeness (QED) is 0.651. The number of carboxylic acid groups (broad SMARTS) is 1. The predicted octanol–water partition coefficient (Wildman–Crippen LogP) is 2.07. The van der Waals surface area contributed by atoms with Crippen LogP contribution in [0, 0.1) is 11.3 Å². The first-order valence-corrected chi connectivity index (χ1v) is 4.87. The van der Waals surface area contributed by atoms with Crippen LogP contribution in [0.2, 0.25) is 0 Å². The third kappa shape index (κ3) is 3.89. The molecule has 0 aliphatic heterocycles. The highest BCUT2D eigenvalue weighted by atomic mass is 19.3. The van der Waals surface area contributed by atoms with Crippen LogP contribution in [-0.2, 0) is 4.79 Å². The largest absolute Gasteiger partial charge is 0.478 e. The van der Waals surface area contributed by atoms with Gasteiger partial charge in [-0.05, 0) is 23.8 Å². The third-order valence-corrected chi connectivity index (χ3v) is 2.04. The van der Waals surface area contributed by atoms with Gasteiger partial charge in [0.25, 0.3) is 0 Å². The minimum absolute atomic E-state index is 0.00657. The maximum absolute atomic E-state index is 12.2. The number of carbonyl (C=O) groups is 2. The van der Waals surface area contributed by atoms with E-state index in [0.29, 0.717) is 0 Å². The number of nitriles is 1. The predicted molar refractivity (Wildman–Crippen MR) is 59.8 cm³/mol. The van der Waals surface area contributed by atoms with Gasteiger partial charge >= 0.3 is 12.6 Å². The fraction of sp³-hybridized carbons (Fsp3) is 0.0833. The molecule has 0 aliphatic carbocycles. The summed E-state index contributed by atoms with van der Waals surface area (Å²) in [7, 11) is 0. The topological polar surface area (TPSA) is 87.4 Å². The molecular formula is C12H7F2NO4. The number of hydrogen-bond donors (Lipinski definition) is 1. The summed E-state index contributed by atoms with van der Waals surface area (Å²) < 4.78 is 28.5. The van der Waals surface area contributed by atoms with E-state index in [1.807, 2.05) is 0 Å². The minimum Gasteiger partial charge on any atom is -0.478 e. The first-order chi connectivity index (χ1) is 8.97. The molecule has 1 N–H and O–H groups in total. The molecule has 0 aromatic heterocycles. The van der Waals surface area contributed by atoms with Gasteiger partial charge in [-0.25, -0.2) is 4.79 Å². The van der Waals surface area contributed by atoms with Crippen molar-refractivity contribution >= 4 is 18.3 Å². The van der Waals surface area contributed by atoms with Crippen molar-refractivity contribution in [3.05, 3.63) is 34.9 Å². The molecule has 0 heterocycles. The van der Waals surface area contributed by atoms with Crippen molar-refractivity contribution in [3.63, 3.8) is 0 Å². The average molecular weight is 267 g/mol. The Labute approximate surface area is 106 Å². The lowest BCUT2D eigenvalue weighted by Crippen LogP contribution is -2.06. The summed E-state index contributed by atoms with van der Waals surface area (Å²) in [4.78, 5) is 21.3. The number of carboxylic acids is 1. The second kappa shape index (κ2) is 6.26. The van der Waals surface area contributed by atoms with Crippen molar-refractivity contribution in [1.82, 2.24) is 0 Å². The summed E-state index contributed by atoms with van der Waals surface area (Å²) in [5, 5.41) is 17.2. The molecule has 5 nitrogen and oxygen atoms in total. The highest BCUT2D eigenvalue weighted by Crippen LogP contribution is 2.26. The summed E-state index contributed by atoms with van der Waals surface area (Å²) in [6, 6.07) is 3.87. The lowest BCUT2D eigenvalue weighted by atomic mass is 10.0. The van der Waals surface area contributed by atoms with Gasteiger partial charge < -0.3 is 9.84 Å². The van der Waals surface area contributed by atoms with Crippen LogP contribution in [0.25, 0.3) is 6.08 Å². The molecule has 1 aromatic rings. The number of carbonyl (C=O) groups excluding carboxylic acids is 1. The van der Waals surface area contributed by atoms with Crippen molar-refractivity contribution in [1.29, 1.82) is 5.26 Å². The Hall–Kier alpha value is -2.75. The van der Waals surface area contributed by atoms with Gasteiger partial charge in [-0.2, -0.15) is 14.0 Å². The molecule has 98 valence electrons. The van der Waals surface area contributed by atoms with E-state index in [2.05, 4.69) is 4.74 Å². The van der Waals surface area contributed by atoms with Crippen LogP contribution in [0.15, 0.2) is 18.2 Å². The molecule has 7 heteroatoms. The Morgan fingerprint density at radius 2 is 2.16 bits per heavy atom. The lowest BCUT2D eigenvalue weighted by molar-refractivity contribution is -0.131. The normalized spacial score (nSPS) is 10.4. The Kier molecular flexibility index (Phi) is 4.71. The number of benzene rings is 1. The number of aldehydes is 1. The molecule has 0 radical (unpaired) electrons. The van der Waals surface area contributed by atoms with E-state index < -0.39 is 18.3 Å². The number of hydrogen-bond acceptors (Lipinski definition) is 4. The van der Waals surface area contributed by atoms with Crippen LogP contribution in [-0.4, -0.2) is 24.0 Å². The maximum Gasteiger partial charge on any atom is 0.387 e. The summed E-state index contributed by atoms with van der Waals surface area (Å²) in [5.74, 6) is -1.76. The van der Waals surface area contributed by atoms with Gasteiger partial charge in [0, 0.05) is 6.08 Å². The van der Waals surface area contributed by atoms with Gasteiger partial charge in [0.05, 0.1) is 17.2 Å². The van der Waals surface area contributed by atoms with Crippen LogP contribution in [0.1, 0.15) is 21.5 Å². The smallest absolute Gasteiger partial charge is 0.387 e. The van der Waals surface area contributed by atoms with E-state index in [9.17, 15) is 18.4 Å². The highest BCUT2D eigenvalue weighted by Gasteiger charge is 2.14. The van der Waals surface area contributed by atoms with Crippen LogP contribution in [0.4, 0.5) is 8.78 Å². The van der Waals surface area contributed by atoms with Gasteiger partial charge in [-0.3, -0.25) is 4.79 Å². The number of aliphatic carboxylic acids is 1. The maximum atomic E-state index is 12.2. The Morgan fingerprint density at radius 1 is 1.47 bits per heavy atom. The summed E-state index contributed by atoms with van der Waals surface area (Å²) in [6.45, 7) is -3.16. The van der Waals surface area contributed by atoms with Crippen LogP contribution < -0.4 is 4.74 Å². The van der Waals surface area contributed by atoms with Crippen molar-refractivity contribution < 1.29 is 28.2 Å². The minimum atomic E-state index is -3.16. The van der Waals surface area contributed by atoms with E-state index in [-0.39, 0.29) is 23.0 Å². The SMILES string of the molecule is N#Cc1cc(/C=C/C(=O)O)c(C=O)c(OC(F)F)c1. The number of halogens is 2. The summed E-state index contributed by atoms with van der Waals surface area (Å²) in [6.07, 6.45) is 1.99. The second-order valence-electron chi connectivity index (χ2n) is 3.26. The number of nitrogens with zero attached hydrogens (tertiary/aromatic N) is 1. The zero-order valence-electron chi connectivity index (χ0n) is 9.34. The van der Waals surface area contributed by atoms with Gasteiger partial charge in [-0.15, -0.1) is 0 Å². The molecule has 0 saturated carbocycles. The van der Waals surface area contributed by atoms with Crippen molar-refractivity contribution in [2.24, 2.45) is 0 Å². The third-order valence-electron chi connectivity index (χ3n) is 2.04. The summed E-state index contributed by atoms with van der Waals surface area (Å²) >= 11 is 0. The molecular weight excluding hydrogens is 260 g/mol. The lowest BCUT2D eigenvalue weighted by Gasteiger charge is -2.09. The molecule has 0 atom stereocenters. The van der Waals surface area contributed by atoms with Gasteiger partial charge in [0.2, 0.25) is 0 Å². The van der Waals surface area contributed by atoms with Crippen molar-refractivity contribution in [3.8, 4) is 11.8 Å². The van der Waals surface area contributed by atoms with Crippen molar-refractivity contribution in [2.45, 2.75) is 6.61 Å². The van der Waals surface area contributed by atoms with E-state index in [4.69, 9.17) is 10.4 Å². The molecule has 19 heavy (non-hydrogen) atoms. The zero-order chi connectivity index (χ0) is 14.4. The fourth-order valence-electron chi connectivity index (χ4n) is 1.33. The zero-order valence-corrected chi connectivity index (χ0v) is 9.34. The Balaban J connectivity index is 3.39. The van der Waals surface area contributed by atoms with E-state index in [1.165, 1.54) is 6.07 Å². The Bertz CT molecular complexity index is 576. The fourth-order valence-corrected chi connectivity index (χ4v) is 1.33. The number of ether oxygens (including phenoxy) is 1. The molecule has 0 amide bonds. The standard InChI is InChI=1S/C12H7F2NO4/c13-12(14)19-10-4-7(5-15)3-8(9(10)6-16)1-2-11(17)18/h1-4,6,12H,(H,17,18)/b2-1+. The summed E-state index contributed by atoms with van der Waals surface area (Å²) in [5.41, 5.74) is -0.282. The molecule has 0 spiro atoms. The molecule has 0 unspecified atom stereocenters. The first kappa shape index (κ1) is 14.3. The van der Waals surface area contributed by atoms with Crippen LogP contribution in [0.3, 0.4) is 0 Å². The molecule has 1 aromatic carbocycles. The van der Waals surface area contributed by atoms with Gasteiger partial charge in [-0.1, -0.05) is 0 Å². The number of alkyl halides is 2. The van der Waals surface area contributed by atoms with Gasteiger partial charge in [0.1, 0.15) is 5.75 Å². The average Bonchev–Trinajstić information content (AvgIpc) is 2.34. The molecule has 0 saturated heterocycles. The molecule has 0 fully saturated rings. The van der Waals surface area contributed by atoms with E-state index in [1.54, 1.807) is 6.07 Å². The molecule has 1 rings (SSSR count). The highest BCUT2D eigenvalue weighted by molar-refractivity contribution is 5.91. The monoisotopic (exact) mass is 267 g/mol. The van der Waals surface area contributed by atoms with Crippen molar-refractivity contribution in [2.75, 3.05) is 0 Å². The van der Waals surface area contributed by atoms with Crippen LogP contribution in [0.5, 0.6) is 5.75 Å².